The van der Waals surface area contributed by atoms with Gasteiger partial charge in [0.2, 0.25) is 0 Å². The molecule has 0 amide bonds. The van der Waals surface area contributed by atoms with Crippen LogP contribution in [-0.4, -0.2) is 13.2 Å². The molecule has 0 saturated heterocycles. The summed E-state index contributed by atoms with van der Waals surface area (Å²) >= 11 is 0. The summed E-state index contributed by atoms with van der Waals surface area (Å²) in [4.78, 5) is 0. The lowest BCUT2D eigenvalue weighted by Crippen LogP contribution is -2.12. The molecule has 3 rings (SSSR count). The highest BCUT2D eigenvalue weighted by atomic mass is 19.1. The fourth-order valence-electron chi connectivity index (χ4n) is 2.53. The second-order valence-electron chi connectivity index (χ2n) is 5.33. The summed E-state index contributed by atoms with van der Waals surface area (Å²) < 4.78 is 25.2. The first-order chi connectivity index (χ1) is 10.1. The summed E-state index contributed by atoms with van der Waals surface area (Å²) in [6.07, 6.45) is 0. The van der Waals surface area contributed by atoms with Gasteiger partial charge in [-0.1, -0.05) is 24.3 Å². The number of rotatable bonds is 4. The normalized spacial score (nSPS) is 18.0. The summed E-state index contributed by atoms with van der Waals surface area (Å²) in [5.41, 5.74) is 7.33. The largest absolute Gasteiger partial charge is 0.493 e. The van der Waals surface area contributed by atoms with E-state index in [1.54, 1.807) is 19.1 Å². The summed E-state index contributed by atoms with van der Waals surface area (Å²) in [5.74, 6) is 1.27. The molecule has 0 aliphatic carbocycles. The molecule has 0 fully saturated rings. The first-order valence-electron chi connectivity index (χ1n) is 7.04. The topological polar surface area (TPSA) is 44.5 Å². The summed E-state index contributed by atoms with van der Waals surface area (Å²) in [7, 11) is 0. The molecule has 1 unspecified atom stereocenters. The summed E-state index contributed by atoms with van der Waals surface area (Å²) in [6.45, 7) is 2.82. The highest BCUT2D eigenvalue weighted by Crippen LogP contribution is 2.33. The Hall–Kier alpha value is -2.07. The third-order valence-electron chi connectivity index (χ3n) is 3.71. The third kappa shape index (κ3) is 2.85. The number of nitrogens with two attached hydrogens (primary N) is 1. The Balaban J connectivity index is 1.68. The number of fused-ring (bicyclic) bond motifs is 1. The molecule has 0 radical (unpaired) electrons. The molecule has 0 spiro atoms. The number of hydrogen-bond acceptors (Lipinski definition) is 3. The van der Waals surface area contributed by atoms with Crippen LogP contribution in [0, 0.1) is 5.82 Å². The van der Waals surface area contributed by atoms with Gasteiger partial charge in [-0.3, -0.25) is 0 Å². The van der Waals surface area contributed by atoms with Gasteiger partial charge in [0, 0.05) is 23.2 Å². The smallest absolute Gasteiger partial charge is 0.131 e. The molecule has 1 heterocycles. The van der Waals surface area contributed by atoms with Gasteiger partial charge >= 0.3 is 0 Å². The van der Waals surface area contributed by atoms with E-state index in [0.29, 0.717) is 24.5 Å². The van der Waals surface area contributed by atoms with Crippen molar-refractivity contribution in [3.63, 3.8) is 0 Å². The first kappa shape index (κ1) is 13.9. The molecule has 0 bridgehead atoms. The Kier molecular flexibility index (Phi) is 3.80. The zero-order valence-electron chi connectivity index (χ0n) is 11.9. The van der Waals surface area contributed by atoms with Crippen molar-refractivity contribution in [2.75, 3.05) is 13.2 Å². The van der Waals surface area contributed by atoms with E-state index in [9.17, 15) is 4.39 Å². The van der Waals surface area contributed by atoms with Gasteiger partial charge in [-0.25, -0.2) is 4.39 Å². The van der Waals surface area contributed by atoms with Crippen LogP contribution < -0.4 is 15.2 Å². The van der Waals surface area contributed by atoms with Crippen LogP contribution in [0.5, 0.6) is 11.5 Å². The number of ether oxygens (including phenoxy) is 2. The molecule has 2 aromatic carbocycles. The minimum Gasteiger partial charge on any atom is -0.493 e. The highest BCUT2D eigenvalue weighted by Gasteiger charge is 2.24. The van der Waals surface area contributed by atoms with Gasteiger partial charge in [0.25, 0.3) is 0 Å². The number of para-hydroxylation sites is 1. The van der Waals surface area contributed by atoms with Crippen LogP contribution in [0.4, 0.5) is 4.39 Å². The quantitative estimate of drug-likeness (QED) is 0.937. The number of hydrogen-bond donors (Lipinski definition) is 1. The van der Waals surface area contributed by atoms with Crippen molar-refractivity contribution in [3.05, 3.63) is 59.4 Å². The predicted octanol–water partition coefficient (Wildman–Crippen LogP) is 3.40. The van der Waals surface area contributed by atoms with Gasteiger partial charge in [0.1, 0.15) is 17.3 Å². The van der Waals surface area contributed by atoms with E-state index in [2.05, 4.69) is 0 Å². The van der Waals surface area contributed by atoms with E-state index in [4.69, 9.17) is 15.2 Å². The van der Waals surface area contributed by atoms with Crippen LogP contribution in [0.25, 0.3) is 0 Å². The van der Waals surface area contributed by atoms with E-state index in [1.165, 1.54) is 6.07 Å². The van der Waals surface area contributed by atoms with Crippen LogP contribution in [0.2, 0.25) is 0 Å². The van der Waals surface area contributed by atoms with Crippen molar-refractivity contribution in [1.82, 2.24) is 0 Å². The van der Waals surface area contributed by atoms with E-state index in [1.807, 2.05) is 24.3 Å². The van der Waals surface area contributed by atoms with E-state index in [-0.39, 0.29) is 17.8 Å². The molecule has 2 aromatic rings. The van der Waals surface area contributed by atoms with Crippen molar-refractivity contribution in [2.45, 2.75) is 18.9 Å². The van der Waals surface area contributed by atoms with Gasteiger partial charge in [-0.15, -0.1) is 0 Å². The monoisotopic (exact) mass is 287 g/mol. The SMILES string of the molecule is C[C@H](N)c1ccc(OCC2COc3ccccc32)cc1F. The minimum atomic E-state index is -0.328. The molecule has 21 heavy (non-hydrogen) atoms. The Bertz CT molecular complexity index is 642. The standard InChI is InChI=1S/C17H18FNO2/c1-11(19)14-7-6-13(8-16(14)18)20-9-12-10-21-17-5-3-2-4-15(12)17/h2-8,11-12H,9-10,19H2,1H3/t11-,12?/m0/s1. The maximum absolute atomic E-state index is 13.9. The van der Waals surface area contributed by atoms with Crippen LogP contribution in [0.15, 0.2) is 42.5 Å². The fourth-order valence-corrected chi connectivity index (χ4v) is 2.53. The Morgan fingerprint density at radius 1 is 1.33 bits per heavy atom. The zero-order chi connectivity index (χ0) is 14.8. The van der Waals surface area contributed by atoms with Crippen LogP contribution in [-0.2, 0) is 0 Å². The van der Waals surface area contributed by atoms with Gasteiger partial charge < -0.3 is 15.2 Å². The van der Waals surface area contributed by atoms with Crippen molar-refractivity contribution in [1.29, 1.82) is 0 Å². The molecule has 110 valence electrons. The molecule has 4 heteroatoms. The number of halogens is 1. The molecule has 1 aliphatic heterocycles. The van der Waals surface area contributed by atoms with Crippen molar-refractivity contribution in [3.8, 4) is 11.5 Å². The molecular weight excluding hydrogens is 269 g/mol. The van der Waals surface area contributed by atoms with Gasteiger partial charge in [-0.05, 0) is 19.1 Å². The molecule has 0 saturated carbocycles. The van der Waals surface area contributed by atoms with Gasteiger partial charge in [-0.2, -0.15) is 0 Å². The second kappa shape index (κ2) is 5.74. The fraction of sp³-hybridized carbons (Fsp3) is 0.294. The highest BCUT2D eigenvalue weighted by molar-refractivity contribution is 5.40. The molecule has 2 N–H and O–H groups in total. The summed E-state index contributed by atoms with van der Waals surface area (Å²) in [5, 5.41) is 0. The maximum atomic E-state index is 13.9. The van der Waals surface area contributed by atoms with E-state index < -0.39 is 0 Å². The Morgan fingerprint density at radius 3 is 2.90 bits per heavy atom. The first-order valence-corrected chi connectivity index (χ1v) is 7.04. The lowest BCUT2D eigenvalue weighted by atomic mass is 10.0. The summed E-state index contributed by atoms with van der Waals surface area (Å²) in [6, 6.07) is 12.4. The molecular formula is C17H18FNO2. The number of benzene rings is 2. The molecule has 0 aromatic heterocycles. The minimum absolute atomic E-state index is 0.178. The van der Waals surface area contributed by atoms with Crippen LogP contribution in [0.3, 0.4) is 0 Å². The lowest BCUT2D eigenvalue weighted by molar-refractivity contribution is 0.247. The van der Waals surface area contributed by atoms with Crippen molar-refractivity contribution >= 4 is 0 Å². The van der Waals surface area contributed by atoms with E-state index in [0.717, 1.165) is 11.3 Å². The molecule has 3 nitrogen and oxygen atoms in total. The molecule has 1 aliphatic rings. The zero-order valence-corrected chi connectivity index (χ0v) is 11.9. The van der Waals surface area contributed by atoms with Gasteiger partial charge in [0.05, 0.1) is 19.1 Å². The van der Waals surface area contributed by atoms with Crippen LogP contribution in [0.1, 0.15) is 30.0 Å². The second-order valence-corrected chi connectivity index (χ2v) is 5.33. The Morgan fingerprint density at radius 2 is 2.14 bits per heavy atom. The molecule has 2 atom stereocenters. The van der Waals surface area contributed by atoms with Crippen molar-refractivity contribution < 1.29 is 13.9 Å². The Labute approximate surface area is 123 Å². The maximum Gasteiger partial charge on any atom is 0.131 e. The van der Waals surface area contributed by atoms with E-state index >= 15 is 0 Å². The lowest BCUT2D eigenvalue weighted by Gasteiger charge is -2.13. The van der Waals surface area contributed by atoms with Gasteiger partial charge in [0.15, 0.2) is 0 Å². The third-order valence-corrected chi connectivity index (χ3v) is 3.71. The average Bonchev–Trinajstić information content (AvgIpc) is 2.88. The predicted molar refractivity (Wildman–Crippen MR) is 79.2 cm³/mol. The van der Waals surface area contributed by atoms with Crippen LogP contribution >= 0.6 is 0 Å². The average molecular weight is 287 g/mol. The van der Waals surface area contributed by atoms with Crippen molar-refractivity contribution in [2.24, 2.45) is 5.73 Å².